The minimum atomic E-state index is -4.39. The Morgan fingerprint density at radius 2 is 2.05 bits per heavy atom. The Labute approximate surface area is 110 Å². The van der Waals surface area contributed by atoms with E-state index in [1.807, 2.05) is 6.92 Å². The van der Waals surface area contributed by atoms with Gasteiger partial charge in [-0.2, -0.15) is 13.2 Å². The first-order valence-electron chi connectivity index (χ1n) is 5.78. The summed E-state index contributed by atoms with van der Waals surface area (Å²) < 4.78 is 43.4. The van der Waals surface area contributed by atoms with Gasteiger partial charge in [0.25, 0.3) is 0 Å². The number of nitrogens with zero attached hydrogens (tertiary/aromatic N) is 2. The molecule has 4 nitrogen and oxygen atoms in total. The van der Waals surface area contributed by atoms with Gasteiger partial charge >= 0.3 is 6.18 Å². The van der Waals surface area contributed by atoms with Crippen LogP contribution in [0.25, 0.3) is 0 Å². The first kappa shape index (κ1) is 15.6. The van der Waals surface area contributed by atoms with E-state index < -0.39 is 11.7 Å². The Morgan fingerprint density at radius 1 is 1.42 bits per heavy atom. The molecule has 0 aromatic carbocycles. The van der Waals surface area contributed by atoms with Gasteiger partial charge in [-0.05, 0) is 19.1 Å². The highest BCUT2D eigenvalue weighted by Crippen LogP contribution is 2.32. The predicted molar refractivity (Wildman–Crippen MR) is 68.5 cm³/mol. The minimum absolute atomic E-state index is 0.0781. The molecule has 1 heterocycles. The van der Waals surface area contributed by atoms with Crippen LogP contribution in [0.15, 0.2) is 12.1 Å². The van der Waals surface area contributed by atoms with E-state index in [9.17, 15) is 13.2 Å². The molecule has 0 radical (unpaired) electrons. The lowest BCUT2D eigenvalue weighted by Crippen LogP contribution is -2.33. The quantitative estimate of drug-likeness (QED) is 0.897. The Hall–Kier alpha value is -1.50. The number of hydrogen-bond acceptors (Lipinski definition) is 4. The molecule has 0 aliphatic rings. The molecule has 7 heteroatoms. The number of rotatable bonds is 5. The van der Waals surface area contributed by atoms with Gasteiger partial charge in [-0.15, -0.1) is 0 Å². The average Bonchev–Trinajstić information content (AvgIpc) is 2.36. The Kier molecular flexibility index (Phi) is 4.99. The van der Waals surface area contributed by atoms with Crippen molar-refractivity contribution in [3.05, 3.63) is 17.7 Å². The molecule has 1 N–H and O–H groups in total. The normalized spacial score (nSPS) is 13.2. The molecule has 108 valence electrons. The molecule has 1 aromatic heterocycles. The van der Waals surface area contributed by atoms with Crippen LogP contribution in [0.1, 0.15) is 12.5 Å². The first-order chi connectivity index (χ1) is 8.79. The molecule has 0 saturated heterocycles. The van der Waals surface area contributed by atoms with Crippen molar-refractivity contribution in [1.29, 1.82) is 0 Å². The molecule has 19 heavy (non-hydrogen) atoms. The van der Waals surface area contributed by atoms with Crippen molar-refractivity contribution in [1.82, 2.24) is 4.98 Å². The van der Waals surface area contributed by atoms with Crippen molar-refractivity contribution in [3.8, 4) is 0 Å². The Bertz CT molecular complexity index is 423. The van der Waals surface area contributed by atoms with Gasteiger partial charge in [0.15, 0.2) is 0 Å². The maximum absolute atomic E-state index is 12.8. The van der Waals surface area contributed by atoms with Crippen LogP contribution in [-0.4, -0.2) is 38.8 Å². The molecular weight excluding hydrogens is 259 g/mol. The highest BCUT2D eigenvalue weighted by molar-refractivity contribution is 5.51. The molecule has 0 aliphatic heterocycles. The van der Waals surface area contributed by atoms with E-state index in [-0.39, 0.29) is 17.7 Å². The van der Waals surface area contributed by atoms with E-state index >= 15 is 0 Å². The van der Waals surface area contributed by atoms with Crippen LogP contribution in [0.4, 0.5) is 24.8 Å². The van der Waals surface area contributed by atoms with E-state index in [4.69, 9.17) is 4.74 Å². The summed E-state index contributed by atoms with van der Waals surface area (Å²) in [7, 11) is 4.76. The van der Waals surface area contributed by atoms with Crippen LogP contribution >= 0.6 is 0 Å². The summed E-state index contributed by atoms with van der Waals surface area (Å²) in [6, 6.07) is 1.94. The SMILES string of the molecule is CNc1cc(C(F)(F)F)cc(N(C)C(C)COC)n1. The van der Waals surface area contributed by atoms with Crippen LogP contribution in [0.5, 0.6) is 0 Å². The van der Waals surface area contributed by atoms with Gasteiger partial charge in [0.2, 0.25) is 0 Å². The number of anilines is 2. The van der Waals surface area contributed by atoms with Gasteiger partial charge in [-0.25, -0.2) is 4.98 Å². The fourth-order valence-electron chi connectivity index (χ4n) is 1.57. The maximum Gasteiger partial charge on any atom is 0.416 e. The topological polar surface area (TPSA) is 37.4 Å². The van der Waals surface area contributed by atoms with E-state index in [1.165, 1.54) is 7.05 Å². The molecule has 1 unspecified atom stereocenters. The van der Waals surface area contributed by atoms with Crippen LogP contribution < -0.4 is 10.2 Å². The molecule has 0 amide bonds. The first-order valence-corrected chi connectivity index (χ1v) is 5.78. The number of likely N-dealkylation sites (N-methyl/N-ethyl adjacent to an activating group) is 1. The van der Waals surface area contributed by atoms with Crippen LogP contribution in [-0.2, 0) is 10.9 Å². The van der Waals surface area contributed by atoms with Gasteiger partial charge in [0, 0.05) is 21.2 Å². The molecule has 0 fully saturated rings. The van der Waals surface area contributed by atoms with Gasteiger partial charge in [0.05, 0.1) is 18.2 Å². The fraction of sp³-hybridized carbons (Fsp3) is 0.583. The molecule has 1 aromatic rings. The zero-order valence-electron chi connectivity index (χ0n) is 11.4. The van der Waals surface area contributed by atoms with Crippen molar-refractivity contribution in [3.63, 3.8) is 0 Å². The highest BCUT2D eigenvalue weighted by atomic mass is 19.4. The van der Waals surface area contributed by atoms with E-state index in [0.29, 0.717) is 6.61 Å². The average molecular weight is 277 g/mol. The molecule has 0 spiro atoms. The molecule has 0 aliphatic carbocycles. The summed E-state index contributed by atoms with van der Waals surface area (Å²) >= 11 is 0. The second-order valence-electron chi connectivity index (χ2n) is 4.26. The number of aromatic nitrogens is 1. The number of halogens is 3. The number of ether oxygens (including phenoxy) is 1. The molecule has 0 bridgehead atoms. The fourth-order valence-corrected chi connectivity index (χ4v) is 1.57. The Balaban J connectivity index is 3.13. The summed E-state index contributed by atoms with van der Waals surface area (Å²) in [5.74, 6) is 0.435. The number of alkyl halides is 3. The lowest BCUT2D eigenvalue weighted by atomic mass is 10.2. The number of pyridine rings is 1. The third kappa shape index (κ3) is 3.99. The largest absolute Gasteiger partial charge is 0.416 e. The summed E-state index contributed by atoms with van der Waals surface area (Å²) in [5.41, 5.74) is -0.724. The number of methoxy groups -OCH3 is 1. The van der Waals surface area contributed by atoms with Crippen molar-refractivity contribution in [2.75, 3.05) is 38.0 Å². The van der Waals surface area contributed by atoms with Crippen molar-refractivity contribution >= 4 is 11.6 Å². The van der Waals surface area contributed by atoms with Crippen LogP contribution in [0.2, 0.25) is 0 Å². The zero-order chi connectivity index (χ0) is 14.6. The summed E-state index contributed by atoms with van der Waals surface area (Å²) in [5, 5.41) is 2.64. The molecule has 0 saturated carbocycles. The third-order valence-electron chi connectivity index (χ3n) is 2.83. The molecule has 1 atom stereocenters. The van der Waals surface area contributed by atoms with Gasteiger partial charge in [-0.1, -0.05) is 0 Å². The highest BCUT2D eigenvalue weighted by Gasteiger charge is 2.32. The zero-order valence-corrected chi connectivity index (χ0v) is 11.4. The van der Waals surface area contributed by atoms with E-state index in [2.05, 4.69) is 10.3 Å². The second kappa shape index (κ2) is 6.10. The molecular formula is C12H18F3N3O. The maximum atomic E-state index is 12.8. The van der Waals surface area contributed by atoms with Gasteiger partial charge in [-0.3, -0.25) is 0 Å². The Morgan fingerprint density at radius 3 is 2.53 bits per heavy atom. The number of nitrogens with one attached hydrogen (secondary N) is 1. The summed E-state index contributed by atoms with van der Waals surface area (Å²) in [4.78, 5) is 5.78. The van der Waals surface area contributed by atoms with Crippen molar-refractivity contribution in [2.45, 2.75) is 19.1 Å². The van der Waals surface area contributed by atoms with Gasteiger partial charge < -0.3 is 15.0 Å². The number of hydrogen-bond donors (Lipinski definition) is 1. The second-order valence-corrected chi connectivity index (χ2v) is 4.26. The minimum Gasteiger partial charge on any atom is -0.383 e. The summed E-state index contributed by atoms with van der Waals surface area (Å²) in [6.45, 7) is 2.26. The third-order valence-corrected chi connectivity index (χ3v) is 2.83. The standard InChI is InChI=1S/C12H18F3N3O/c1-8(7-19-4)18(3)11-6-9(12(13,14)15)5-10(16-2)17-11/h5-6,8H,7H2,1-4H3,(H,16,17). The smallest absolute Gasteiger partial charge is 0.383 e. The van der Waals surface area contributed by atoms with Crippen molar-refractivity contribution in [2.24, 2.45) is 0 Å². The monoisotopic (exact) mass is 277 g/mol. The predicted octanol–water partition coefficient (Wildman–Crippen LogP) is 2.61. The molecule has 1 rings (SSSR count). The lowest BCUT2D eigenvalue weighted by Gasteiger charge is -2.26. The van der Waals surface area contributed by atoms with E-state index in [0.717, 1.165) is 12.1 Å². The summed E-state index contributed by atoms with van der Waals surface area (Å²) in [6.07, 6.45) is -4.39. The van der Waals surface area contributed by atoms with Crippen LogP contribution in [0.3, 0.4) is 0 Å². The van der Waals surface area contributed by atoms with E-state index in [1.54, 1.807) is 19.1 Å². The van der Waals surface area contributed by atoms with Crippen molar-refractivity contribution < 1.29 is 17.9 Å². The van der Waals surface area contributed by atoms with Gasteiger partial charge in [0.1, 0.15) is 11.6 Å². The lowest BCUT2D eigenvalue weighted by molar-refractivity contribution is -0.137. The van der Waals surface area contributed by atoms with Crippen LogP contribution in [0, 0.1) is 0 Å².